The lowest BCUT2D eigenvalue weighted by atomic mass is 9.81. The smallest absolute Gasteiger partial charge is 0.228 e. The Hall–Kier alpha value is -2.43. The lowest BCUT2D eigenvalue weighted by Crippen LogP contribution is -2.55. The number of anilines is 1. The minimum absolute atomic E-state index is 0.0680. The highest BCUT2D eigenvalue weighted by atomic mass is 32.1. The number of pyridine rings is 1. The van der Waals surface area contributed by atoms with Crippen molar-refractivity contribution in [3.63, 3.8) is 0 Å². The first kappa shape index (κ1) is 24.3. The first-order valence-corrected chi connectivity index (χ1v) is 13.9. The number of carbonyl (C=O) groups excluding carboxylic acids is 1. The Morgan fingerprint density at radius 1 is 1.26 bits per heavy atom. The Labute approximate surface area is 212 Å². The highest BCUT2D eigenvalue weighted by molar-refractivity contribution is 7.10. The van der Waals surface area contributed by atoms with Gasteiger partial charge in [-0.1, -0.05) is 25.3 Å². The average molecular weight is 493 g/mol. The summed E-state index contributed by atoms with van der Waals surface area (Å²) in [6.45, 7) is 8.92. The van der Waals surface area contributed by atoms with Crippen LogP contribution in [0.5, 0.6) is 0 Å². The zero-order chi connectivity index (χ0) is 24.6. The Morgan fingerprint density at radius 3 is 2.74 bits per heavy atom. The second-order valence-electron chi connectivity index (χ2n) is 11.0. The van der Waals surface area contributed by atoms with Gasteiger partial charge in [0.2, 0.25) is 5.91 Å². The fourth-order valence-corrected chi connectivity index (χ4v) is 6.72. The Kier molecular flexibility index (Phi) is 6.87. The van der Waals surface area contributed by atoms with Gasteiger partial charge in [0.15, 0.2) is 0 Å². The molecule has 2 fully saturated rings. The van der Waals surface area contributed by atoms with Crippen LogP contribution < -0.4 is 4.90 Å². The number of ether oxygens (including phenoxy) is 1. The maximum absolute atomic E-state index is 13.0. The van der Waals surface area contributed by atoms with Gasteiger partial charge < -0.3 is 14.5 Å². The molecule has 186 valence electrons. The molecule has 2 aromatic heterocycles. The van der Waals surface area contributed by atoms with Crippen molar-refractivity contribution in [2.75, 3.05) is 24.5 Å². The van der Waals surface area contributed by atoms with E-state index in [4.69, 9.17) is 9.72 Å². The molecule has 5 rings (SSSR count). The summed E-state index contributed by atoms with van der Waals surface area (Å²) in [4.78, 5) is 23.6. The number of thiophene rings is 1. The lowest BCUT2D eigenvalue weighted by molar-refractivity contribution is -0.132. The third kappa shape index (κ3) is 4.96. The topological polar surface area (TPSA) is 69.5 Å². The molecule has 1 atom stereocenters. The van der Waals surface area contributed by atoms with Crippen molar-refractivity contribution in [2.45, 2.75) is 89.9 Å². The van der Waals surface area contributed by atoms with Crippen LogP contribution in [-0.2, 0) is 29.0 Å². The molecule has 2 aliphatic heterocycles. The van der Waals surface area contributed by atoms with Crippen molar-refractivity contribution in [3.8, 4) is 6.07 Å². The summed E-state index contributed by atoms with van der Waals surface area (Å²) in [6.07, 6.45) is 7.30. The van der Waals surface area contributed by atoms with Gasteiger partial charge in [-0.15, -0.1) is 11.3 Å². The molecule has 3 aliphatic rings. The summed E-state index contributed by atoms with van der Waals surface area (Å²) < 4.78 is 6.20. The van der Waals surface area contributed by atoms with Gasteiger partial charge in [-0.3, -0.25) is 4.79 Å². The van der Waals surface area contributed by atoms with E-state index in [1.54, 1.807) is 11.3 Å². The third-order valence-corrected chi connectivity index (χ3v) is 8.77. The van der Waals surface area contributed by atoms with Crippen molar-refractivity contribution in [3.05, 3.63) is 44.8 Å². The number of hydrogen-bond acceptors (Lipinski definition) is 6. The summed E-state index contributed by atoms with van der Waals surface area (Å²) in [5.74, 6) is 1.45. The highest BCUT2D eigenvalue weighted by Crippen LogP contribution is 2.41. The van der Waals surface area contributed by atoms with E-state index in [0.717, 1.165) is 46.8 Å². The summed E-state index contributed by atoms with van der Waals surface area (Å²) in [6, 6.07) is 6.62. The average Bonchev–Trinajstić information content (AvgIpc) is 3.35. The predicted molar refractivity (Wildman–Crippen MR) is 139 cm³/mol. The van der Waals surface area contributed by atoms with Gasteiger partial charge in [0.25, 0.3) is 0 Å². The number of hydrogen-bond donors (Lipinski definition) is 0. The van der Waals surface area contributed by atoms with E-state index in [2.05, 4.69) is 31.7 Å². The van der Waals surface area contributed by atoms with Gasteiger partial charge in [-0.2, -0.15) is 5.26 Å². The van der Waals surface area contributed by atoms with E-state index < -0.39 is 0 Å². The van der Waals surface area contributed by atoms with E-state index in [-0.39, 0.29) is 17.6 Å². The molecule has 7 heteroatoms. The number of carbonyl (C=O) groups is 1. The van der Waals surface area contributed by atoms with E-state index in [1.165, 1.54) is 19.3 Å². The van der Waals surface area contributed by atoms with Crippen LogP contribution in [0, 0.1) is 11.3 Å². The largest absolute Gasteiger partial charge is 0.370 e. The van der Waals surface area contributed by atoms with Crippen LogP contribution >= 0.6 is 11.3 Å². The normalized spacial score (nSPS) is 22.5. The molecule has 0 radical (unpaired) electrons. The molecule has 35 heavy (non-hydrogen) atoms. The minimum Gasteiger partial charge on any atom is -0.370 e. The number of fused-ring (bicyclic) bond motifs is 1. The second kappa shape index (κ2) is 9.91. The highest BCUT2D eigenvalue weighted by Gasteiger charge is 2.36. The number of amides is 1. The fraction of sp³-hybridized carbons (Fsp3) is 0.607. The first-order valence-electron chi connectivity index (χ1n) is 13.0. The standard InChI is InChI=1S/C28H36N4O2S/c1-19-17-31(11-12-32(19)25(33)14-21-10-7-13-35-21)27-23(16-29)22-15-28(2,3)34-18-24(22)26(30-27)20-8-5-4-6-9-20/h7,10,13,19-20H,4-6,8-9,11-12,14-15,17-18H2,1-3H3/t19-/m1/s1. The van der Waals surface area contributed by atoms with Crippen molar-refractivity contribution in [2.24, 2.45) is 0 Å². The number of aromatic nitrogens is 1. The van der Waals surface area contributed by atoms with E-state index in [0.29, 0.717) is 44.1 Å². The number of piperazine rings is 1. The monoisotopic (exact) mass is 492 g/mol. The molecule has 0 N–H and O–H groups in total. The second-order valence-corrected chi connectivity index (χ2v) is 12.0. The van der Waals surface area contributed by atoms with Crippen molar-refractivity contribution < 1.29 is 9.53 Å². The molecule has 6 nitrogen and oxygen atoms in total. The van der Waals surface area contributed by atoms with Crippen LogP contribution in [0.4, 0.5) is 5.82 Å². The van der Waals surface area contributed by atoms with E-state index in [9.17, 15) is 10.1 Å². The summed E-state index contributed by atoms with van der Waals surface area (Å²) in [5.41, 5.74) is 3.88. The zero-order valence-corrected chi connectivity index (χ0v) is 22.0. The van der Waals surface area contributed by atoms with Gasteiger partial charge in [0.1, 0.15) is 11.9 Å². The molecule has 1 aliphatic carbocycles. The molecule has 0 spiro atoms. The van der Waals surface area contributed by atoms with Crippen molar-refractivity contribution in [1.29, 1.82) is 5.26 Å². The molecule has 4 heterocycles. The maximum Gasteiger partial charge on any atom is 0.228 e. The molecule has 1 amide bonds. The van der Waals surface area contributed by atoms with E-state index >= 15 is 0 Å². The SMILES string of the molecule is C[C@@H]1CN(c2nc(C3CCCCC3)c3c(c2C#N)CC(C)(C)OC3)CCN1C(=O)Cc1cccs1. The maximum atomic E-state index is 13.0. The van der Waals surface area contributed by atoms with Crippen LogP contribution in [0.2, 0.25) is 0 Å². The minimum atomic E-state index is -0.290. The van der Waals surface area contributed by atoms with Gasteiger partial charge in [0, 0.05) is 48.5 Å². The van der Waals surface area contributed by atoms with E-state index in [1.807, 2.05) is 22.4 Å². The van der Waals surface area contributed by atoms with Gasteiger partial charge in [0.05, 0.1) is 29.9 Å². The molecular weight excluding hydrogens is 456 g/mol. The van der Waals surface area contributed by atoms with Crippen LogP contribution in [-0.4, -0.2) is 47.1 Å². The molecule has 2 aromatic rings. The van der Waals surface area contributed by atoms with Gasteiger partial charge in [-0.25, -0.2) is 4.98 Å². The fourth-order valence-electron chi connectivity index (χ4n) is 6.02. The number of nitrogens with zero attached hydrogens (tertiary/aromatic N) is 4. The predicted octanol–water partition coefficient (Wildman–Crippen LogP) is 5.19. The Bertz CT molecular complexity index is 1110. The molecular formula is C28H36N4O2S. The van der Waals surface area contributed by atoms with Gasteiger partial charge in [-0.05, 0) is 50.6 Å². The molecule has 1 saturated carbocycles. The number of nitriles is 1. The molecule has 1 saturated heterocycles. The third-order valence-electron chi connectivity index (χ3n) is 7.89. The lowest BCUT2D eigenvalue weighted by Gasteiger charge is -2.42. The van der Waals surface area contributed by atoms with Crippen LogP contribution in [0.1, 0.15) is 86.1 Å². The molecule has 0 aromatic carbocycles. The van der Waals surface area contributed by atoms with Gasteiger partial charge >= 0.3 is 0 Å². The number of rotatable bonds is 4. The van der Waals surface area contributed by atoms with Crippen molar-refractivity contribution in [1.82, 2.24) is 9.88 Å². The zero-order valence-electron chi connectivity index (χ0n) is 21.2. The van der Waals surface area contributed by atoms with Crippen LogP contribution in [0.15, 0.2) is 17.5 Å². The Balaban J connectivity index is 1.45. The van der Waals surface area contributed by atoms with Crippen LogP contribution in [0.25, 0.3) is 0 Å². The quantitative estimate of drug-likeness (QED) is 0.587. The summed E-state index contributed by atoms with van der Waals surface area (Å²) in [5, 5.41) is 12.3. The summed E-state index contributed by atoms with van der Waals surface area (Å²) in [7, 11) is 0. The Morgan fingerprint density at radius 2 is 2.06 bits per heavy atom. The molecule has 0 unspecified atom stereocenters. The molecule has 0 bridgehead atoms. The summed E-state index contributed by atoms with van der Waals surface area (Å²) >= 11 is 1.63. The van der Waals surface area contributed by atoms with Crippen LogP contribution in [0.3, 0.4) is 0 Å². The first-order chi connectivity index (χ1) is 16.9. The van der Waals surface area contributed by atoms with Crippen molar-refractivity contribution >= 4 is 23.1 Å².